The molecule has 0 aliphatic heterocycles. The molecule has 0 radical (unpaired) electrons. The number of aromatic nitrogens is 1. The first kappa shape index (κ1) is 11.7. The standard InChI is InChI=1S/C13H13ClN2O/c1-16(13(17)12-3-2-8-15-12)9-10-4-6-11(14)7-5-10/h2-8,15H,9H2,1H3. The largest absolute Gasteiger partial charge is 0.357 e. The van der Waals surface area contributed by atoms with Gasteiger partial charge in [-0.3, -0.25) is 4.79 Å². The average molecular weight is 249 g/mol. The molecule has 0 aliphatic rings. The van der Waals surface area contributed by atoms with E-state index < -0.39 is 0 Å². The highest BCUT2D eigenvalue weighted by atomic mass is 35.5. The Kier molecular flexibility index (Phi) is 3.49. The lowest BCUT2D eigenvalue weighted by atomic mass is 10.2. The van der Waals surface area contributed by atoms with Crippen LogP contribution in [0.2, 0.25) is 5.02 Å². The Morgan fingerprint density at radius 2 is 2.00 bits per heavy atom. The number of carbonyl (C=O) groups excluding carboxylic acids is 1. The summed E-state index contributed by atoms with van der Waals surface area (Å²) in [5, 5.41) is 0.701. The molecular weight excluding hydrogens is 236 g/mol. The van der Waals surface area contributed by atoms with E-state index in [1.807, 2.05) is 30.3 Å². The van der Waals surface area contributed by atoms with Gasteiger partial charge in [-0.05, 0) is 29.8 Å². The van der Waals surface area contributed by atoms with E-state index >= 15 is 0 Å². The summed E-state index contributed by atoms with van der Waals surface area (Å²) in [5.41, 5.74) is 1.65. The normalized spacial score (nSPS) is 10.2. The van der Waals surface area contributed by atoms with Crippen molar-refractivity contribution in [2.45, 2.75) is 6.54 Å². The average Bonchev–Trinajstić information content (AvgIpc) is 2.84. The molecule has 0 saturated heterocycles. The minimum atomic E-state index is -0.0232. The third-order valence-corrected chi connectivity index (χ3v) is 2.76. The molecule has 1 N–H and O–H groups in total. The zero-order valence-corrected chi connectivity index (χ0v) is 10.2. The fraction of sp³-hybridized carbons (Fsp3) is 0.154. The van der Waals surface area contributed by atoms with Gasteiger partial charge in [0.25, 0.3) is 5.91 Å². The maximum Gasteiger partial charge on any atom is 0.270 e. The van der Waals surface area contributed by atoms with Crippen molar-refractivity contribution in [3.05, 3.63) is 58.9 Å². The molecule has 1 aromatic carbocycles. The number of aromatic amines is 1. The Balaban J connectivity index is 2.04. The summed E-state index contributed by atoms with van der Waals surface area (Å²) in [6, 6.07) is 11.1. The second kappa shape index (κ2) is 5.06. The number of hydrogen-bond donors (Lipinski definition) is 1. The molecular formula is C13H13ClN2O. The van der Waals surface area contributed by atoms with Crippen LogP contribution in [0.15, 0.2) is 42.6 Å². The molecule has 3 nitrogen and oxygen atoms in total. The van der Waals surface area contributed by atoms with Crippen LogP contribution in [0, 0.1) is 0 Å². The predicted molar refractivity (Wildman–Crippen MR) is 68.0 cm³/mol. The molecule has 1 aromatic heterocycles. The first-order valence-electron chi connectivity index (χ1n) is 5.30. The van der Waals surface area contributed by atoms with Gasteiger partial charge in [0.05, 0.1) is 0 Å². The van der Waals surface area contributed by atoms with Crippen molar-refractivity contribution in [3.8, 4) is 0 Å². The lowest BCUT2D eigenvalue weighted by Crippen LogP contribution is -2.26. The van der Waals surface area contributed by atoms with E-state index in [2.05, 4.69) is 4.98 Å². The molecule has 0 fully saturated rings. The third kappa shape index (κ3) is 2.88. The van der Waals surface area contributed by atoms with Crippen LogP contribution in [-0.2, 0) is 6.54 Å². The predicted octanol–water partition coefficient (Wildman–Crippen LogP) is 2.94. The Morgan fingerprint density at radius 3 is 2.59 bits per heavy atom. The number of rotatable bonds is 3. The van der Waals surface area contributed by atoms with Crippen LogP contribution in [0.25, 0.3) is 0 Å². The molecule has 17 heavy (non-hydrogen) atoms. The molecule has 0 aliphatic carbocycles. The topological polar surface area (TPSA) is 36.1 Å². The molecule has 0 saturated carbocycles. The number of nitrogens with one attached hydrogen (secondary N) is 1. The summed E-state index contributed by atoms with van der Waals surface area (Å²) < 4.78 is 0. The highest BCUT2D eigenvalue weighted by Crippen LogP contribution is 2.12. The van der Waals surface area contributed by atoms with Crippen LogP contribution in [-0.4, -0.2) is 22.8 Å². The van der Waals surface area contributed by atoms with E-state index in [9.17, 15) is 4.79 Å². The fourth-order valence-corrected chi connectivity index (χ4v) is 1.73. The second-order valence-corrected chi connectivity index (χ2v) is 4.31. The van der Waals surface area contributed by atoms with Crippen molar-refractivity contribution in [1.82, 2.24) is 9.88 Å². The van der Waals surface area contributed by atoms with E-state index in [0.717, 1.165) is 5.56 Å². The molecule has 0 bridgehead atoms. The lowest BCUT2D eigenvalue weighted by Gasteiger charge is -2.16. The molecule has 0 atom stereocenters. The Bertz CT molecular complexity index is 491. The van der Waals surface area contributed by atoms with Gasteiger partial charge < -0.3 is 9.88 Å². The van der Waals surface area contributed by atoms with Gasteiger partial charge in [0, 0.05) is 24.8 Å². The minimum absolute atomic E-state index is 0.0232. The number of hydrogen-bond acceptors (Lipinski definition) is 1. The van der Waals surface area contributed by atoms with Crippen molar-refractivity contribution in [2.24, 2.45) is 0 Å². The fourth-order valence-electron chi connectivity index (χ4n) is 1.60. The van der Waals surface area contributed by atoms with E-state index in [0.29, 0.717) is 17.3 Å². The Hall–Kier alpha value is -1.74. The van der Waals surface area contributed by atoms with Crippen molar-refractivity contribution in [1.29, 1.82) is 0 Å². The maximum atomic E-state index is 11.9. The SMILES string of the molecule is CN(Cc1ccc(Cl)cc1)C(=O)c1ccc[nH]1. The zero-order valence-electron chi connectivity index (χ0n) is 9.48. The first-order valence-corrected chi connectivity index (χ1v) is 5.68. The van der Waals surface area contributed by atoms with Crippen LogP contribution in [0.3, 0.4) is 0 Å². The number of halogens is 1. The molecule has 2 aromatic rings. The quantitative estimate of drug-likeness (QED) is 0.891. The van der Waals surface area contributed by atoms with Gasteiger partial charge in [0.15, 0.2) is 0 Å². The van der Waals surface area contributed by atoms with Gasteiger partial charge in [0.2, 0.25) is 0 Å². The summed E-state index contributed by atoms with van der Waals surface area (Å²) in [4.78, 5) is 16.5. The van der Waals surface area contributed by atoms with E-state index in [4.69, 9.17) is 11.6 Å². The number of carbonyl (C=O) groups is 1. The van der Waals surface area contributed by atoms with Crippen molar-refractivity contribution >= 4 is 17.5 Å². The molecule has 0 spiro atoms. The Labute approximate surface area is 105 Å². The summed E-state index contributed by atoms with van der Waals surface area (Å²) in [6.07, 6.45) is 1.74. The third-order valence-electron chi connectivity index (χ3n) is 2.51. The first-order chi connectivity index (χ1) is 8.16. The van der Waals surface area contributed by atoms with E-state index in [-0.39, 0.29) is 5.91 Å². The summed E-state index contributed by atoms with van der Waals surface area (Å²) in [6.45, 7) is 0.565. The number of benzene rings is 1. The van der Waals surface area contributed by atoms with E-state index in [1.54, 1.807) is 24.2 Å². The summed E-state index contributed by atoms with van der Waals surface area (Å²) in [7, 11) is 1.78. The second-order valence-electron chi connectivity index (χ2n) is 3.87. The molecule has 0 unspecified atom stereocenters. The minimum Gasteiger partial charge on any atom is -0.357 e. The Morgan fingerprint density at radius 1 is 1.29 bits per heavy atom. The molecule has 1 amide bonds. The smallest absolute Gasteiger partial charge is 0.270 e. The van der Waals surface area contributed by atoms with Gasteiger partial charge in [-0.15, -0.1) is 0 Å². The number of nitrogens with zero attached hydrogens (tertiary/aromatic N) is 1. The van der Waals surface area contributed by atoms with Crippen LogP contribution >= 0.6 is 11.6 Å². The lowest BCUT2D eigenvalue weighted by molar-refractivity contribution is 0.0780. The monoisotopic (exact) mass is 248 g/mol. The summed E-state index contributed by atoms with van der Waals surface area (Å²) in [5.74, 6) is -0.0232. The van der Waals surface area contributed by atoms with Crippen molar-refractivity contribution in [3.63, 3.8) is 0 Å². The zero-order chi connectivity index (χ0) is 12.3. The van der Waals surface area contributed by atoms with E-state index in [1.165, 1.54) is 0 Å². The number of amides is 1. The van der Waals surface area contributed by atoms with Gasteiger partial charge >= 0.3 is 0 Å². The van der Waals surface area contributed by atoms with Gasteiger partial charge in [-0.2, -0.15) is 0 Å². The molecule has 2 rings (SSSR count). The van der Waals surface area contributed by atoms with Crippen molar-refractivity contribution < 1.29 is 4.79 Å². The highest BCUT2D eigenvalue weighted by Gasteiger charge is 2.12. The van der Waals surface area contributed by atoms with Crippen LogP contribution in [0.5, 0.6) is 0 Å². The van der Waals surface area contributed by atoms with Gasteiger partial charge in [-0.1, -0.05) is 23.7 Å². The molecule has 88 valence electrons. The van der Waals surface area contributed by atoms with Gasteiger partial charge in [-0.25, -0.2) is 0 Å². The highest BCUT2D eigenvalue weighted by molar-refractivity contribution is 6.30. The van der Waals surface area contributed by atoms with Crippen molar-refractivity contribution in [2.75, 3.05) is 7.05 Å². The van der Waals surface area contributed by atoms with Crippen LogP contribution in [0.4, 0.5) is 0 Å². The van der Waals surface area contributed by atoms with Gasteiger partial charge in [0.1, 0.15) is 5.69 Å². The number of H-pyrrole nitrogens is 1. The molecule has 1 heterocycles. The van der Waals surface area contributed by atoms with Crippen LogP contribution < -0.4 is 0 Å². The van der Waals surface area contributed by atoms with Crippen LogP contribution in [0.1, 0.15) is 16.1 Å². The molecule has 4 heteroatoms. The summed E-state index contributed by atoms with van der Waals surface area (Å²) >= 11 is 5.81. The maximum absolute atomic E-state index is 11.9.